The molecule has 4 aromatic rings. The quantitative estimate of drug-likeness (QED) is 0.527. The highest BCUT2D eigenvalue weighted by atomic mass is 19.1. The van der Waals surface area contributed by atoms with E-state index in [-0.39, 0.29) is 17.1 Å². The van der Waals surface area contributed by atoms with Crippen LogP contribution in [0.5, 0.6) is 11.5 Å². The standard InChI is InChI=1S/C23H21FN6O2/c1-29-22(31)16(13-27-23(29)30-10-2-3-11-30)18-6-4-14-12-15(5-7-17(14)28-18)32-19-8-9-26-21(25)20(19)24/h4-9,12-13H,2-3,10-11H2,1H3,(H2,25,26). The van der Waals surface area contributed by atoms with Gasteiger partial charge in [0.2, 0.25) is 11.8 Å². The van der Waals surface area contributed by atoms with Crippen molar-refractivity contribution in [1.29, 1.82) is 0 Å². The minimum absolute atomic E-state index is 0.00547. The molecule has 5 rings (SSSR count). The Bertz CT molecular complexity index is 1380. The summed E-state index contributed by atoms with van der Waals surface area (Å²) in [6.45, 7) is 1.82. The van der Waals surface area contributed by atoms with Gasteiger partial charge in [0.1, 0.15) is 5.75 Å². The fraction of sp³-hybridized carbons (Fsp3) is 0.217. The number of rotatable bonds is 4. The number of halogens is 1. The lowest BCUT2D eigenvalue weighted by atomic mass is 10.1. The summed E-state index contributed by atoms with van der Waals surface area (Å²) in [5.74, 6) is 0.184. The molecule has 162 valence electrons. The summed E-state index contributed by atoms with van der Waals surface area (Å²) in [7, 11) is 1.74. The second-order valence-corrected chi connectivity index (χ2v) is 7.69. The van der Waals surface area contributed by atoms with Gasteiger partial charge in [-0.3, -0.25) is 9.36 Å². The van der Waals surface area contributed by atoms with E-state index in [9.17, 15) is 9.18 Å². The predicted octanol–water partition coefficient (Wildman–Crippen LogP) is 3.50. The molecule has 3 aromatic heterocycles. The molecular formula is C23H21FN6O2. The molecule has 2 N–H and O–H groups in total. The maximum absolute atomic E-state index is 14.1. The molecule has 0 amide bonds. The van der Waals surface area contributed by atoms with Crippen LogP contribution in [0.2, 0.25) is 0 Å². The molecule has 4 heterocycles. The minimum Gasteiger partial charge on any atom is -0.454 e. The largest absolute Gasteiger partial charge is 0.454 e. The highest BCUT2D eigenvalue weighted by Gasteiger charge is 2.19. The normalized spacial score (nSPS) is 13.6. The van der Waals surface area contributed by atoms with Crippen LogP contribution in [0.15, 0.2) is 53.6 Å². The van der Waals surface area contributed by atoms with E-state index in [0.717, 1.165) is 31.3 Å². The molecule has 0 unspecified atom stereocenters. The highest BCUT2D eigenvalue weighted by Crippen LogP contribution is 2.29. The lowest BCUT2D eigenvalue weighted by Crippen LogP contribution is -2.30. The van der Waals surface area contributed by atoms with Gasteiger partial charge in [0.25, 0.3) is 5.56 Å². The van der Waals surface area contributed by atoms with Gasteiger partial charge in [0.15, 0.2) is 11.6 Å². The van der Waals surface area contributed by atoms with Crippen molar-refractivity contribution in [2.75, 3.05) is 23.7 Å². The van der Waals surface area contributed by atoms with E-state index in [2.05, 4.69) is 19.9 Å². The number of hydrogen-bond acceptors (Lipinski definition) is 7. The van der Waals surface area contributed by atoms with Gasteiger partial charge in [0, 0.05) is 44.0 Å². The second-order valence-electron chi connectivity index (χ2n) is 7.69. The zero-order valence-corrected chi connectivity index (χ0v) is 17.5. The lowest BCUT2D eigenvalue weighted by molar-refractivity contribution is 0.442. The van der Waals surface area contributed by atoms with Crippen LogP contribution >= 0.6 is 0 Å². The van der Waals surface area contributed by atoms with Crippen LogP contribution in [0.1, 0.15) is 12.8 Å². The summed E-state index contributed by atoms with van der Waals surface area (Å²) in [6, 6.07) is 10.2. The Morgan fingerprint density at radius 1 is 1.09 bits per heavy atom. The smallest absolute Gasteiger partial charge is 0.264 e. The molecule has 0 spiro atoms. The van der Waals surface area contributed by atoms with Crippen LogP contribution in [-0.4, -0.2) is 32.6 Å². The van der Waals surface area contributed by atoms with Crippen molar-refractivity contribution in [3.8, 4) is 22.8 Å². The zero-order chi connectivity index (χ0) is 22.2. The van der Waals surface area contributed by atoms with Crippen LogP contribution in [0.3, 0.4) is 0 Å². The van der Waals surface area contributed by atoms with Gasteiger partial charge in [-0.25, -0.2) is 15.0 Å². The molecule has 0 aliphatic carbocycles. The van der Waals surface area contributed by atoms with Gasteiger partial charge in [-0.1, -0.05) is 6.07 Å². The summed E-state index contributed by atoms with van der Waals surface area (Å²) in [5.41, 5.74) is 7.01. The number of anilines is 2. The zero-order valence-electron chi connectivity index (χ0n) is 17.5. The molecule has 0 saturated carbocycles. The van der Waals surface area contributed by atoms with Crippen molar-refractivity contribution >= 4 is 22.7 Å². The van der Waals surface area contributed by atoms with Crippen LogP contribution in [0.25, 0.3) is 22.2 Å². The molecule has 1 saturated heterocycles. The number of pyridine rings is 2. The van der Waals surface area contributed by atoms with Crippen LogP contribution in [0, 0.1) is 5.82 Å². The maximum Gasteiger partial charge on any atom is 0.264 e. The topological polar surface area (TPSA) is 99.2 Å². The molecule has 0 bridgehead atoms. The number of ether oxygens (including phenoxy) is 1. The van der Waals surface area contributed by atoms with Gasteiger partial charge in [0.05, 0.1) is 16.8 Å². The van der Waals surface area contributed by atoms with E-state index in [1.807, 2.05) is 6.07 Å². The molecule has 32 heavy (non-hydrogen) atoms. The van der Waals surface area contributed by atoms with E-state index in [1.165, 1.54) is 12.3 Å². The Labute approximate surface area is 183 Å². The monoisotopic (exact) mass is 432 g/mol. The Morgan fingerprint density at radius 2 is 1.91 bits per heavy atom. The van der Waals surface area contributed by atoms with Gasteiger partial charge in [-0.2, -0.15) is 4.39 Å². The number of hydrogen-bond donors (Lipinski definition) is 1. The number of nitrogen functional groups attached to an aromatic ring is 1. The van der Waals surface area contributed by atoms with Crippen molar-refractivity contribution in [2.24, 2.45) is 7.05 Å². The highest BCUT2D eigenvalue weighted by molar-refractivity contribution is 5.83. The first-order valence-corrected chi connectivity index (χ1v) is 10.3. The van der Waals surface area contributed by atoms with Crippen molar-refractivity contribution in [2.45, 2.75) is 12.8 Å². The van der Waals surface area contributed by atoms with E-state index in [4.69, 9.17) is 10.5 Å². The Balaban J connectivity index is 1.46. The summed E-state index contributed by atoms with van der Waals surface area (Å²) >= 11 is 0. The number of aromatic nitrogens is 4. The van der Waals surface area contributed by atoms with E-state index in [1.54, 1.807) is 42.1 Å². The van der Waals surface area contributed by atoms with Crippen molar-refractivity contribution in [3.63, 3.8) is 0 Å². The molecule has 9 heteroatoms. The van der Waals surface area contributed by atoms with Crippen molar-refractivity contribution < 1.29 is 9.13 Å². The van der Waals surface area contributed by atoms with Crippen LogP contribution in [0.4, 0.5) is 16.2 Å². The molecule has 1 aliphatic rings. The van der Waals surface area contributed by atoms with Gasteiger partial charge in [-0.15, -0.1) is 0 Å². The minimum atomic E-state index is -0.707. The molecule has 1 aliphatic heterocycles. The molecule has 1 fully saturated rings. The fourth-order valence-corrected chi connectivity index (χ4v) is 3.89. The average Bonchev–Trinajstić information content (AvgIpc) is 3.33. The van der Waals surface area contributed by atoms with Gasteiger partial charge in [-0.05, 0) is 37.1 Å². The Morgan fingerprint density at radius 3 is 2.72 bits per heavy atom. The lowest BCUT2D eigenvalue weighted by Gasteiger charge is -2.19. The first-order chi connectivity index (χ1) is 15.5. The average molecular weight is 432 g/mol. The number of benzene rings is 1. The van der Waals surface area contributed by atoms with Crippen LogP contribution in [-0.2, 0) is 7.05 Å². The van der Waals surface area contributed by atoms with Crippen LogP contribution < -0.4 is 20.9 Å². The second kappa shape index (κ2) is 7.92. The molecular weight excluding hydrogens is 411 g/mol. The van der Waals surface area contributed by atoms with Gasteiger partial charge < -0.3 is 15.4 Å². The summed E-state index contributed by atoms with van der Waals surface area (Å²) in [4.78, 5) is 28.0. The van der Waals surface area contributed by atoms with E-state index >= 15 is 0 Å². The van der Waals surface area contributed by atoms with Crippen molar-refractivity contribution in [1.82, 2.24) is 19.5 Å². The van der Waals surface area contributed by atoms with E-state index < -0.39 is 5.82 Å². The number of fused-ring (bicyclic) bond motifs is 1. The Hall–Kier alpha value is -4.01. The molecule has 8 nitrogen and oxygen atoms in total. The maximum atomic E-state index is 14.1. The molecule has 1 aromatic carbocycles. The summed E-state index contributed by atoms with van der Waals surface area (Å²) in [6.07, 6.45) is 5.19. The third-order valence-electron chi connectivity index (χ3n) is 5.58. The first-order valence-electron chi connectivity index (χ1n) is 10.3. The Kier molecular flexibility index (Phi) is 4.93. The first kappa shape index (κ1) is 19.9. The molecule has 0 radical (unpaired) electrons. The fourth-order valence-electron chi connectivity index (χ4n) is 3.89. The third-order valence-corrected chi connectivity index (χ3v) is 5.58. The van der Waals surface area contributed by atoms with Gasteiger partial charge >= 0.3 is 0 Å². The SMILES string of the molecule is Cn1c(N2CCCC2)ncc(-c2ccc3cc(Oc4ccnc(N)c4F)ccc3n2)c1=O. The number of nitrogens with two attached hydrogens (primary N) is 1. The van der Waals surface area contributed by atoms with Crippen molar-refractivity contribution in [3.05, 3.63) is 65.0 Å². The predicted molar refractivity (Wildman–Crippen MR) is 120 cm³/mol. The van der Waals surface area contributed by atoms with E-state index in [0.29, 0.717) is 28.5 Å². The summed E-state index contributed by atoms with van der Waals surface area (Å²) < 4.78 is 21.3. The number of nitrogens with zero attached hydrogens (tertiary/aromatic N) is 5. The summed E-state index contributed by atoms with van der Waals surface area (Å²) in [5, 5.41) is 0.784. The third kappa shape index (κ3) is 3.51. The molecule has 0 atom stereocenters.